The van der Waals surface area contributed by atoms with Gasteiger partial charge in [0.15, 0.2) is 0 Å². The quantitative estimate of drug-likeness (QED) is 0.295. The zero-order chi connectivity index (χ0) is 14.8. The number of hydrogen-bond donors (Lipinski definition) is 2. The Labute approximate surface area is 118 Å². The number of unbranched alkanes of at least 4 members (excludes halogenated alkanes) is 1. The van der Waals surface area contributed by atoms with Crippen molar-refractivity contribution >= 4 is 11.4 Å². The zero-order valence-electron chi connectivity index (χ0n) is 11.6. The van der Waals surface area contributed by atoms with Crippen LogP contribution in [0.3, 0.4) is 0 Å². The van der Waals surface area contributed by atoms with Crippen molar-refractivity contribution in [2.75, 3.05) is 25.2 Å². The Morgan fingerprint density at radius 1 is 1.30 bits per heavy atom. The van der Waals surface area contributed by atoms with Crippen LogP contribution in [0.15, 0.2) is 18.2 Å². The predicted molar refractivity (Wildman–Crippen MR) is 76.3 cm³/mol. The van der Waals surface area contributed by atoms with E-state index in [4.69, 9.17) is 15.3 Å². The van der Waals surface area contributed by atoms with E-state index in [2.05, 4.69) is 12.3 Å². The van der Waals surface area contributed by atoms with Crippen molar-refractivity contribution in [1.82, 2.24) is 0 Å². The number of hydrogen-bond acceptors (Lipinski definition) is 6. The third-order valence-corrected chi connectivity index (χ3v) is 2.74. The summed E-state index contributed by atoms with van der Waals surface area (Å²) in [6, 6.07) is 4.74. The molecule has 0 amide bonds. The number of ether oxygens (including phenoxy) is 2. The van der Waals surface area contributed by atoms with Gasteiger partial charge < -0.3 is 14.9 Å². The minimum absolute atomic E-state index is 0.0622. The number of para-hydroxylation sites is 1. The van der Waals surface area contributed by atoms with Gasteiger partial charge in [-0.05, 0) is 6.42 Å². The molecule has 0 atom stereocenters. The highest BCUT2D eigenvalue weighted by atomic mass is 16.6. The molecule has 112 valence electrons. The average molecular weight is 283 g/mol. The van der Waals surface area contributed by atoms with Crippen LogP contribution >= 0.6 is 0 Å². The predicted octanol–water partition coefficient (Wildman–Crippen LogP) is 2.21. The van der Waals surface area contributed by atoms with Crippen LogP contribution in [-0.4, -0.2) is 24.7 Å². The SMILES string of the molecule is CCCCOCCOCc1cccc([N+](=O)[O-])c1NN. The Bertz CT molecular complexity index is 426. The van der Waals surface area contributed by atoms with Gasteiger partial charge in [0.2, 0.25) is 0 Å². The molecule has 7 heteroatoms. The second-order valence-electron chi connectivity index (χ2n) is 4.23. The molecule has 1 aromatic carbocycles. The Hall–Kier alpha value is -1.70. The summed E-state index contributed by atoms with van der Waals surface area (Å²) in [6.07, 6.45) is 2.13. The van der Waals surface area contributed by atoms with E-state index in [1.165, 1.54) is 6.07 Å². The lowest BCUT2D eigenvalue weighted by molar-refractivity contribution is -0.384. The maximum Gasteiger partial charge on any atom is 0.294 e. The molecule has 0 aliphatic rings. The molecule has 7 nitrogen and oxygen atoms in total. The number of benzene rings is 1. The minimum Gasteiger partial charge on any atom is -0.379 e. The van der Waals surface area contributed by atoms with Crippen LogP contribution < -0.4 is 11.3 Å². The molecule has 0 spiro atoms. The second-order valence-corrected chi connectivity index (χ2v) is 4.23. The summed E-state index contributed by atoms with van der Waals surface area (Å²) >= 11 is 0. The largest absolute Gasteiger partial charge is 0.379 e. The first-order valence-corrected chi connectivity index (χ1v) is 6.59. The van der Waals surface area contributed by atoms with E-state index in [-0.39, 0.29) is 18.0 Å². The first-order valence-electron chi connectivity index (χ1n) is 6.59. The fourth-order valence-corrected chi connectivity index (χ4v) is 1.67. The van der Waals surface area contributed by atoms with E-state index in [0.29, 0.717) is 18.8 Å². The fraction of sp³-hybridized carbons (Fsp3) is 0.538. The Morgan fingerprint density at radius 3 is 2.70 bits per heavy atom. The molecular formula is C13H21N3O4. The molecule has 3 N–H and O–H groups in total. The van der Waals surface area contributed by atoms with Crippen LogP contribution in [0.25, 0.3) is 0 Å². The monoisotopic (exact) mass is 283 g/mol. The summed E-state index contributed by atoms with van der Waals surface area (Å²) in [5.41, 5.74) is 3.23. The van der Waals surface area contributed by atoms with Gasteiger partial charge in [0.1, 0.15) is 5.69 Å². The second kappa shape index (κ2) is 9.24. The van der Waals surface area contributed by atoms with Gasteiger partial charge in [0, 0.05) is 18.2 Å². The summed E-state index contributed by atoms with van der Waals surface area (Å²) in [5, 5.41) is 10.9. The topological polar surface area (TPSA) is 99.6 Å². The molecule has 1 aromatic rings. The summed E-state index contributed by atoms with van der Waals surface area (Å²) in [4.78, 5) is 10.4. The maximum absolute atomic E-state index is 10.9. The molecular weight excluding hydrogens is 262 g/mol. The van der Waals surface area contributed by atoms with Crippen molar-refractivity contribution in [2.45, 2.75) is 26.4 Å². The van der Waals surface area contributed by atoms with E-state index in [9.17, 15) is 10.1 Å². The zero-order valence-corrected chi connectivity index (χ0v) is 11.6. The maximum atomic E-state index is 10.9. The van der Waals surface area contributed by atoms with Gasteiger partial charge in [0.25, 0.3) is 5.69 Å². The number of nitrogen functional groups attached to an aromatic ring is 1. The van der Waals surface area contributed by atoms with Crippen molar-refractivity contribution in [1.29, 1.82) is 0 Å². The van der Waals surface area contributed by atoms with Gasteiger partial charge in [-0.2, -0.15) is 0 Å². The number of nitrogens with one attached hydrogen (secondary N) is 1. The summed E-state index contributed by atoms with van der Waals surface area (Å²) in [6.45, 7) is 4.03. The van der Waals surface area contributed by atoms with E-state index >= 15 is 0 Å². The average Bonchev–Trinajstić information content (AvgIpc) is 2.45. The standard InChI is InChI=1S/C13H21N3O4/c1-2-3-7-19-8-9-20-10-11-5-4-6-12(16(17)18)13(11)15-14/h4-6,15H,2-3,7-10,14H2,1H3. The van der Waals surface area contributed by atoms with Crippen molar-refractivity contribution in [3.63, 3.8) is 0 Å². The molecule has 1 rings (SSSR count). The van der Waals surface area contributed by atoms with Crippen molar-refractivity contribution in [3.8, 4) is 0 Å². The smallest absolute Gasteiger partial charge is 0.294 e. The van der Waals surface area contributed by atoms with Crippen molar-refractivity contribution < 1.29 is 14.4 Å². The number of nitrogens with zero attached hydrogens (tertiary/aromatic N) is 1. The van der Waals surface area contributed by atoms with Crippen LogP contribution in [-0.2, 0) is 16.1 Å². The van der Waals surface area contributed by atoms with Crippen LogP contribution in [0, 0.1) is 10.1 Å². The minimum atomic E-state index is -0.480. The number of nitro benzene ring substituents is 1. The molecule has 0 bridgehead atoms. The molecule has 0 aliphatic carbocycles. The Kier molecular flexibility index (Phi) is 7.56. The molecule has 0 saturated heterocycles. The lowest BCUT2D eigenvalue weighted by Gasteiger charge is -2.10. The van der Waals surface area contributed by atoms with Gasteiger partial charge in [-0.1, -0.05) is 25.5 Å². The number of rotatable bonds is 10. The van der Waals surface area contributed by atoms with E-state index in [1.54, 1.807) is 12.1 Å². The highest BCUT2D eigenvalue weighted by molar-refractivity contribution is 5.65. The third kappa shape index (κ3) is 5.12. The van der Waals surface area contributed by atoms with Crippen LogP contribution in [0.5, 0.6) is 0 Å². The molecule has 0 fully saturated rings. The summed E-state index contributed by atoms with van der Waals surface area (Å²) in [5.74, 6) is 5.34. The molecule has 0 heterocycles. The first-order chi connectivity index (χ1) is 9.70. The highest BCUT2D eigenvalue weighted by Crippen LogP contribution is 2.27. The third-order valence-electron chi connectivity index (χ3n) is 2.74. The number of anilines is 1. The van der Waals surface area contributed by atoms with Crippen molar-refractivity contribution in [3.05, 3.63) is 33.9 Å². The number of hydrazine groups is 1. The molecule has 0 radical (unpaired) electrons. The number of nitro groups is 1. The summed E-state index contributed by atoms with van der Waals surface area (Å²) < 4.78 is 10.8. The van der Waals surface area contributed by atoms with Gasteiger partial charge >= 0.3 is 0 Å². The van der Waals surface area contributed by atoms with Crippen molar-refractivity contribution in [2.24, 2.45) is 5.84 Å². The lowest BCUT2D eigenvalue weighted by Crippen LogP contribution is -2.13. The molecule has 0 aromatic heterocycles. The molecule has 20 heavy (non-hydrogen) atoms. The Balaban J connectivity index is 2.44. The van der Waals surface area contributed by atoms with Gasteiger partial charge in [-0.25, -0.2) is 0 Å². The normalized spacial score (nSPS) is 10.5. The highest BCUT2D eigenvalue weighted by Gasteiger charge is 2.16. The van der Waals surface area contributed by atoms with E-state index in [0.717, 1.165) is 19.4 Å². The fourth-order valence-electron chi connectivity index (χ4n) is 1.67. The van der Waals surface area contributed by atoms with Crippen LogP contribution in [0.2, 0.25) is 0 Å². The van der Waals surface area contributed by atoms with E-state index in [1.807, 2.05) is 0 Å². The molecule has 0 aliphatic heterocycles. The number of nitrogens with two attached hydrogens (primary N) is 1. The van der Waals surface area contributed by atoms with Crippen LogP contribution in [0.1, 0.15) is 25.3 Å². The van der Waals surface area contributed by atoms with Gasteiger partial charge in [-0.15, -0.1) is 0 Å². The Morgan fingerprint density at radius 2 is 2.05 bits per heavy atom. The van der Waals surface area contributed by atoms with Crippen LogP contribution in [0.4, 0.5) is 11.4 Å². The molecule has 0 unspecified atom stereocenters. The summed E-state index contributed by atoms with van der Waals surface area (Å²) in [7, 11) is 0. The molecule has 0 saturated carbocycles. The van der Waals surface area contributed by atoms with Gasteiger partial charge in [-0.3, -0.25) is 16.0 Å². The van der Waals surface area contributed by atoms with Gasteiger partial charge in [0.05, 0.1) is 24.7 Å². The lowest BCUT2D eigenvalue weighted by atomic mass is 10.1. The first kappa shape index (κ1) is 16.4. The van der Waals surface area contributed by atoms with E-state index < -0.39 is 4.92 Å².